The number of aliphatic hydroxyl groups is 12. The Morgan fingerprint density at radius 2 is 0.250 bits per heavy atom. The van der Waals surface area contributed by atoms with Crippen molar-refractivity contribution >= 4 is 0 Å². The van der Waals surface area contributed by atoms with Gasteiger partial charge in [-0.3, -0.25) is 19.6 Å². The van der Waals surface area contributed by atoms with Crippen LogP contribution in [0.3, 0.4) is 0 Å². The van der Waals surface area contributed by atoms with Crippen molar-refractivity contribution in [2.24, 2.45) is 0 Å². The Morgan fingerprint density at radius 3 is 0.300 bits per heavy atom. The van der Waals surface area contributed by atoms with Crippen LogP contribution in [0.2, 0.25) is 0 Å². The first-order valence-corrected chi connectivity index (χ1v) is 13.6. The number of aliphatic hydroxyl groups excluding tert-OH is 12. The summed E-state index contributed by atoms with van der Waals surface area (Å²) in [6, 6.07) is 0. The van der Waals surface area contributed by atoms with Crippen LogP contribution in [0.5, 0.6) is 0 Å². The summed E-state index contributed by atoms with van der Waals surface area (Å²) in [7, 11) is 0. The second-order valence-corrected chi connectivity index (χ2v) is 8.05. The summed E-state index contributed by atoms with van der Waals surface area (Å²) in [6.07, 6.45) is 0. The van der Waals surface area contributed by atoms with Gasteiger partial charge in [0.2, 0.25) is 0 Å². The quantitative estimate of drug-likeness (QED) is 0.0494. The molecule has 0 atom stereocenters. The lowest BCUT2D eigenvalue weighted by atomic mass is 10.4. The third-order valence-electron chi connectivity index (χ3n) is 4.99. The molecule has 0 aromatic rings. The lowest BCUT2D eigenvalue weighted by Crippen LogP contribution is -2.32. The Morgan fingerprint density at radius 1 is 0.175 bits per heavy atom. The maximum absolute atomic E-state index is 8.48. The highest BCUT2D eigenvalue weighted by Gasteiger charge is 2.02. The van der Waals surface area contributed by atoms with E-state index >= 15 is 0 Å². The SMILES string of the molecule is OCCN(CCO)CCO.OCCN(CCO)CCO.OCCN(CCO)CCO.OCCN(CCO)CCO. The van der Waals surface area contributed by atoms with Gasteiger partial charge in [-0.15, -0.1) is 0 Å². The van der Waals surface area contributed by atoms with E-state index in [1.807, 2.05) is 0 Å². The summed E-state index contributed by atoms with van der Waals surface area (Å²) in [5.41, 5.74) is 0. The Balaban J connectivity index is -0.000000216. The van der Waals surface area contributed by atoms with Gasteiger partial charge < -0.3 is 61.3 Å². The minimum Gasteiger partial charge on any atom is -0.395 e. The van der Waals surface area contributed by atoms with Gasteiger partial charge in [0.1, 0.15) is 0 Å². The van der Waals surface area contributed by atoms with Gasteiger partial charge in [0.05, 0.1) is 79.3 Å². The van der Waals surface area contributed by atoms with Crippen molar-refractivity contribution < 1.29 is 61.3 Å². The molecular weight excluding hydrogens is 536 g/mol. The zero-order valence-corrected chi connectivity index (χ0v) is 24.1. The molecule has 0 spiro atoms. The van der Waals surface area contributed by atoms with E-state index in [0.29, 0.717) is 78.5 Å². The third kappa shape index (κ3) is 39.5. The minimum absolute atomic E-state index is 0.0694. The molecule has 0 fully saturated rings. The van der Waals surface area contributed by atoms with Gasteiger partial charge in [-0.1, -0.05) is 0 Å². The van der Waals surface area contributed by atoms with E-state index in [2.05, 4.69) is 0 Å². The van der Waals surface area contributed by atoms with Crippen molar-refractivity contribution in [2.45, 2.75) is 0 Å². The third-order valence-corrected chi connectivity index (χ3v) is 4.99. The molecule has 0 aromatic heterocycles. The molecule has 0 aliphatic heterocycles. The van der Waals surface area contributed by atoms with Crippen LogP contribution in [0.15, 0.2) is 0 Å². The summed E-state index contributed by atoms with van der Waals surface area (Å²) in [6.45, 7) is 7.01. The average molecular weight is 597 g/mol. The molecule has 0 saturated heterocycles. The van der Waals surface area contributed by atoms with Crippen LogP contribution < -0.4 is 0 Å². The molecule has 40 heavy (non-hydrogen) atoms. The van der Waals surface area contributed by atoms with Crippen LogP contribution in [-0.4, -0.2) is 239 Å². The van der Waals surface area contributed by atoms with Crippen LogP contribution in [-0.2, 0) is 0 Å². The molecule has 12 N–H and O–H groups in total. The summed E-state index contributed by atoms with van der Waals surface area (Å²) < 4.78 is 0. The van der Waals surface area contributed by atoms with E-state index in [-0.39, 0.29) is 79.3 Å². The van der Waals surface area contributed by atoms with Crippen molar-refractivity contribution in [1.82, 2.24) is 19.6 Å². The Labute approximate surface area is 239 Å². The van der Waals surface area contributed by atoms with Crippen LogP contribution in [0.1, 0.15) is 0 Å². The van der Waals surface area contributed by atoms with Gasteiger partial charge >= 0.3 is 0 Å². The van der Waals surface area contributed by atoms with Crippen molar-refractivity contribution in [3.63, 3.8) is 0 Å². The fourth-order valence-electron chi connectivity index (χ4n) is 3.04. The lowest BCUT2D eigenvalue weighted by molar-refractivity contribution is 0.136. The van der Waals surface area contributed by atoms with Crippen LogP contribution >= 0.6 is 0 Å². The zero-order chi connectivity index (χ0) is 31.3. The van der Waals surface area contributed by atoms with Crippen molar-refractivity contribution in [3.8, 4) is 0 Å². The fourth-order valence-corrected chi connectivity index (χ4v) is 3.04. The first-order valence-electron chi connectivity index (χ1n) is 13.6. The molecular formula is C24H60N4O12. The largest absolute Gasteiger partial charge is 0.395 e. The molecule has 0 bridgehead atoms. The molecule has 0 heterocycles. The number of rotatable bonds is 24. The van der Waals surface area contributed by atoms with E-state index in [4.69, 9.17) is 61.3 Å². The van der Waals surface area contributed by atoms with Gasteiger partial charge in [-0.2, -0.15) is 0 Å². The average Bonchev–Trinajstić information content (AvgIpc) is 2.92. The van der Waals surface area contributed by atoms with Gasteiger partial charge in [0.15, 0.2) is 0 Å². The molecule has 248 valence electrons. The van der Waals surface area contributed by atoms with Gasteiger partial charge in [0.25, 0.3) is 0 Å². The monoisotopic (exact) mass is 596 g/mol. The summed E-state index contributed by atoms with van der Waals surface area (Å²) in [4.78, 5) is 7.17. The zero-order valence-electron chi connectivity index (χ0n) is 24.1. The summed E-state index contributed by atoms with van der Waals surface area (Å²) in [5, 5.41) is 102. The van der Waals surface area contributed by atoms with Crippen LogP contribution in [0.25, 0.3) is 0 Å². The fraction of sp³-hybridized carbons (Fsp3) is 1.00. The topological polar surface area (TPSA) is 256 Å². The Kier molecular flexibility index (Phi) is 49.6. The minimum atomic E-state index is 0.0694. The molecule has 0 amide bonds. The van der Waals surface area contributed by atoms with E-state index < -0.39 is 0 Å². The molecule has 0 radical (unpaired) electrons. The van der Waals surface area contributed by atoms with Crippen LogP contribution in [0, 0.1) is 0 Å². The Bertz CT molecular complexity index is 295. The van der Waals surface area contributed by atoms with E-state index in [1.54, 1.807) is 19.6 Å². The van der Waals surface area contributed by atoms with Gasteiger partial charge in [0, 0.05) is 78.5 Å². The van der Waals surface area contributed by atoms with Gasteiger partial charge in [-0.05, 0) is 0 Å². The van der Waals surface area contributed by atoms with Gasteiger partial charge in [-0.25, -0.2) is 0 Å². The van der Waals surface area contributed by atoms with E-state index in [0.717, 1.165) is 0 Å². The summed E-state index contributed by atoms with van der Waals surface area (Å²) in [5.74, 6) is 0. The van der Waals surface area contributed by atoms with E-state index in [9.17, 15) is 0 Å². The molecule has 0 aliphatic rings. The number of hydrogen-bond donors (Lipinski definition) is 12. The first kappa shape index (κ1) is 46.3. The molecule has 0 saturated carbocycles. The maximum Gasteiger partial charge on any atom is 0.0558 e. The molecule has 0 aliphatic carbocycles. The number of nitrogens with zero attached hydrogens (tertiary/aromatic N) is 4. The van der Waals surface area contributed by atoms with Crippen molar-refractivity contribution in [3.05, 3.63) is 0 Å². The smallest absolute Gasteiger partial charge is 0.0558 e. The standard InChI is InChI=1S/4C6H15NO3/c4*8-4-1-7(2-5-9)3-6-10/h4*8-10H,1-6H2. The highest BCUT2D eigenvalue weighted by molar-refractivity contribution is 4.56. The molecule has 16 heteroatoms. The van der Waals surface area contributed by atoms with Crippen molar-refractivity contribution in [2.75, 3.05) is 158 Å². The second kappa shape index (κ2) is 42.8. The highest BCUT2D eigenvalue weighted by Crippen LogP contribution is 1.86. The van der Waals surface area contributed by atoms with Crippen LogP contribution in [0.4, 0.5) is 0 Å². The second-order valence-electron chi connectivity index (χ2n) is 8.05. The first-order chi connectivity index (χ1) is 19.4. The number of hydrogen-bond acceptors (Lipinski definition) is 16. The van der Waals surface area contributed by atoms with Crippen molar-refractivity contribution in [1.29, 1.82) is 0 Å². The van der Waals surface area contributed by atoms with E-state index in [1.165, 1.54) is 0 Å². The molecule has 0 aromatic carbocycles. The molecule has 0 unspecified atom stereocenters. The predicted octanol–water partition coefficient (Wildman–Crippen LogP) is -6.94. The lowest BCUT2D eigenvalue weighted by Gasteiger charge is -2.17. The molecule has 16 nitrogen and oxygen atoms in total. The highest BCUT2D eigenvalue weighted by atomic mass is 16.3. The molecule has 0 rings (SSSR count). The summed E-state index contributed by atoms with van der Waals surface area (Å²) >= 11 is 0. The Hall–Kier alpha value is -0.640. The maximum atomic E-state index is 8.48. The predicted molar refractivity (Wildman–Crippen MR) is 151 cm³/mol. The normalized spacial score (nSPS) is 10.8.